The summed E-state index contributed by atoms with van der Waals surface area (Å²) in [5.41, 5.74) is 0.762. The van der Waals surface area contributed by atoms with Crippen molar-refractivity contribution in [1.82, 2.24) is 0 Å². The Balaban J connectivity index is 2.05. The van der Waals surface area contributed by atoms with Gasteiger partial charge in [0, 0.05) is 18.3 Å². The first kappa shape index (κ1) is 20.9. The molecule has 1 amide bonds. The van der Waals surface area contributed by atoms with Crippen molar-refractivity contribution >= 4 is 28.9 Å². The summed E-state index contributed by atoms with van der Waals surface area (Å²) in [6, 6.07) is 12.7. The van der Waals surface area contributed by atoms with E-state index in [-0.39, 0.29) is 11.4 Å². The van der Waals surface area contributed by atoms with Gasteiger partial charge in [0.05, 0.1) is 10.5 Å². The number of carbonyl (C=O) groups is 2. The normalized spacial score (nSPS) is 11.4. The van der Waals surface area contributed by atoms with Crippen LogP contribution in [0.15, 0.2) is 48.5 Å². The highest BCUT2D eigenvalue weighted by Gasteiger charge is 2.23. The molecule has 148 valence electrons. The van der Waals surface area contributed by atoms with Crippen molar-refractivity contribution in [3.63, 3.8) is 0 Å². The molecule has 8 nitrogen and oxygen atoms in total. The first-order chi connectivity index (χ1) is 13.4. The van der Waals surface area contributed by atoms with E-state index in [1.165, 1.54) is 25.1 Å². The number of unbranched alkanes of at least 4 members (excludes halogenated alkanes) is 1. The standard InChI is InChI=1S/C20H23N3O5/c1-3-4-13-21-16-10-6-5-9-15(16)20(25)28-14(2)19(24)22-17-11-7-8-12-18(17)23(26)27/h5-12,14,21H,3-4,13H2,1-2H3,(H,22,24)/t14-/m0/s1. The van der Waals surface area contributed by atoms with Crippen molar-refractivity contribution in [2.45, 2.75) is 32.8 Å². The molecule has 2 aromatic carbocycles. The fourth-order valence-electron chi connectivity index (χ4n) is 2.47. The number of carbonyl (C=O) groups excluding carboxylic acids is 2. The lowest BCUT2D eigenvalue weighted by molar-refractivity contribution is -0.383. The molecule has 2 rings (SSSR count). The van der Waals surface area contributed by atoms with E-state index in [0.717, 1.165) is 12.8 Å². The second-order valence-corrected chi connectivity index (χ2v) is 6.14. The number of nitrogens with one attached hydrogen (secondary N) is 2. The van der Waals surface area contributed by atoms with Gasteiger partial charge in [-0.3, -0.25) is 14.9 Å². The van der Waals surface area contributed by atoms with Crippen LogP contribution in [-0.2, 0) is 9.53 Å². The van der Waals surface area contributed by atoms with Crippen molar-refractivity contribution in [1.29, 1.82) is 0 Å². The molecule has 0 unspecified atom stereocenters. The van der Waals surface area contributed by atoms with Crippen molar-refractivity contribution in [3.8, 4) is 0 Å². The van der Waals surface area contributed by atoms with Crippen molar-refractivity contribution < 1.29 is 19.2 Å². The SMILES string of the molecule is CCCCNc1ccccc1C(=O)O[C@@H](C)C(=O)Nc1ccccc1[N+](=O)[O-]. The van der Waals surface area contributed by atoms with Crippen LogP contribution in [0, 0.1) is 10.1 Å². The second kappa shape index (κ2) is 10.1. The minimum absolute atomic E-state index is 0.0435. The molecule has 0 radical (unpaired) electrons. The Labute approximate surface area is 163 Å². The summed E-state index contributed by atoms with van der Waals surface area (Å²) in [5, 5.41) is 16.7. The van der Waals surface area contributed by atoms with Gasteiger partial charge in [0.15, 0.2) is 6.10 Å². The molecule has 2 N–H and O–H groups in total. The maximum absolute atomic E-state index is 12.5. The number of amides is 1. The van der Waals surface area contributed by atoms with Gasteiger partial charge < -0.3 is 15.4 Å². The number of para-hydroxylation sites is 3. The van der Waals surface area contributed by atoms with E-state index in [4.69, 9.17) is 4.74 Å². The number of hydrogen-bond acceptors (Lipinski definition) is 6. The molecule has 0 heterocycles. The summed E-state index contributed by atoms with van der Waals surface area (Å²) >= 11 is 0. The van der Waals surface area contributed by atoms with Gasteiger partial charge in [0.25, 0.3) is 11.6 Å². The number of hydrogen-bond donors (Lipinski definition) is 2. The van der Waals surface area contributed by atoms with Crippen LogP contribution in [0.1, 0.15) is 37.0 Å². The molecule has 2 aromatic rings. The number of rotatable bonds is 9. The lowest BCUT2D eigenvalue weighted by Gasteiger charge is -2.15. The van der Waals surface area contributed by atoms with Crippen molar-refractivity contribution in [3.05, 3.63) is 64.2 Å². The molecule has 0 aliphatic rings. The molecule has 0 bridgehead atoms. The lowest BCUT2D eigenvalue weighted by Crippen LogP contribution is -2.30. The quantitative estimate of drug-likeness (QED) is 0.292. The number of benzene rings is 2. The third-order valence-electron chi connectivity index (χ3n) is 4.00. The Kier molecular flexibility index (Phi) is 7.50. The van der Waals surface area contributed by atoms with E-state index in [0.29, 0.717) is 17.8 Å². The molecule has 28 heavy (non-hydrogen) atoms. The van der Waals surface area contributed by atoms with Crippen LogP contribution in [0.25, 0.3) is 0 Å². The van der Waals surface area contributed by atoms with Gasteiger partial charge in [0.1, 0.15) is 5.69 Å². The maximum atomic E-state index is 12.5. The lowest BCUT2D eigenvalue weighted by atomic mass is 10.1. The number of nitro benzene ring substituents is 1. The summed E-state index contributed by atoms with van der Waals surface area (Å²) in [7, 11) is 0. The molecule has 0 saturated carbocycles. The van der Waals surface area contributed by atoms with E-state index in [9.17, 15) is 19.7 Å². The molecule has 0 aromatic heterocycles. The van der Waals surface area contributed by atoms with E-state index >= 15 is 0 Å². The van der Waals surface area contributed by atoms with E-state index in [2.05, 4.69) is 17.6 Å². The summed E-state index contributed by atoms with van der Waals surface area (Å²) in [5.74, 6) is -1.30. The van der Waals surface area contributed by atoms with Gasteiger partial charge in [0.2, 0.25) is 0 Å². The third-order valence-corrected chi connectivity index (χ3v) is 4.00. The summed E-state index contributed by atoms with van der Waals surface area (Å²) in [4.78, 5) is 35.3. The molecule has 8 heteroatoms. The van der Waals surface area contributed by atoms with Crippen LogP contribution in [0.2, 0.25) is 0 Å². The minimum Gasteiger partial charge on any atom is -0.449 e. The Morgan fingerprint density at radius 2 is 1.75 bits per heavy atom. The van der Waals surface area contributed by atoms with E-state index in [1.54, 1.807) is 30.3 Å². The minimum atomic E-state index is -1.13. The fourth-order valence-corrected chi connectivity index (χ4v) is 2.47. The van der Waals surface area contributed by atoms with Gasteiger partial charge in [-0.25, -0.2) is 4.79 Å². The second-order valence-electron chi connectivity index (χ2n) is 6.14. The average molecular weight is 385 g/mol. The monoisotopic (exact) mass is 385 g/mol. The molecule has 0 fully saturated rings. The van der Waals surface area contributed by atoms with Crippen LogP contribution >= 0.6 is 0 Å². The highest BCUT2D eigenvalue weighted by atomic mass is 16.6. The Morgan fingerprint density at radius 1 is 1.11 bits per heavy atom. The average Bonchev–Trinajstić information content (AvgIpc) is 2.68. The number of ether oxygens (including phenoxy) is 1. The van der Waals surface area contributed by atoms with Crippen LogP contribution in [0.3, 0.4) is 0 Å². The van der Waals surface area contributed by atoms with Gasteiger partial charge in [-0.15, -0.1) is 0 Å². The molecular formula is C20H23N3O5. The number of nitrogens with zero attached hydrogens (tertiary/aromatic N) is 1. The molecule has 1 atom stereocenters. The van der Waals surface area contributed by atoms with Crippen LogP contribution < -0.4 is 10.6 Å². The predicted molar refractivity (Wildman–Crippen MR) is 106 cm³/mol. The molecule has 0 spiro atoms. The summed E-state index contributed by atoms with van der Waals surface area (Å²) < 4.78 is 5.26. The summed E-state index contributed by atoms with van der Waals surface area (Å²) in [6.07, 6.45) is 0.844. The van der Waals surface area contributed by atoms with Gasteiger partial charge in [-0.2, -0.15) is 0 Å². The third kappa shape index (κ3) is 5.54. The zero-order chi connectivity index (χ0) is 20.5. The van der Waals surface area contributed by atoms with Crippen LogP contribution in [0.4, 0.5) is 17.1 Å². The molecule has 0 saturated heterocycles. The van der Waals surface area contributed by atoms with E-state index in [1.807, 2.05) is 0 Å². The summed E-state index contributed by atoms with van der Waals surface area (Å²) in [6.45, 7) is 4.20. The number of anilines is 2. The van der Waals surface area contributed by atoms with Gasteiger partial charge in [-0.05, 0) is 31.5 Å². The van der Waals surface area contributed by atoms with Gasteiger partial charge >= 0.3 is 5.97 Å². The maximum Gasteiger partial charge on any atom is 0.341 e. The predicted octanol–water partition coefficient (Wildman–Crippen LogP) is 3.99. The number of nitro groups is 1. The Bertz CT molecular complexity index is 853. The largest absolute Gasteiger partial charge is 0.449 e. The molecule has 0 aliphatic carbocycles. The van der Waals surface area contributed by atoms with Crippen LogP contribution in [-0.4, -0.2) is 29.4 Å². The van der Waals surface area contributed by atoms with Crippen LogP contribution in [0.5, 0.6) is 0 Å². The molecular weight excluding hydrogens is 362 g/mol. The van der Waals surface area contributed by atoms with E-state index < -0.39 is 22.9 Å². The Morgan fingerprint density at radius 3 is 2.43 bits per heavy atom. The first-order valence-corrected chi connectivity index (χ1v) is 9.02. The van der Waals surface area contributed by atoms with Crippen molar-refractivity contribution in [2.24, 2.45) is 0 Å². The highest BCUT2D eigenvalue weighted by molar-refractivity contribution is 6.00. The van der Waals surface area contributed by atoms with Gasteiger partial charge in [-0.1, -0.05) is 37.6 Å². The first-order valence-electron chi connectivity index (χ1n) is 9.02. The Hall–Kier alpha value is -3.42. The molecule has 0 aliphatic heterocycles. The smallest absolute Gasteiger partial charge is 0.341 e. The zero-order valence-electron chi connectivity index (χ0n) is 15.8. The fraction of sp³-hybridized carbons (Fsp3) is 0.300. The zero-order valence-corrected chi connectivity index (χ0v) is 15.8. The highest BCUT2D eigenvalue weighted by Crippen LogP contribution is 2.23. The topological polar surface area (TPSA) is 111 Å². The number of esters is 1. The van der Waals surface area contributed by atoms with Crippen molar-refractivity contribution in [2.75, 3.05) is 17.2 Å².